The number of nitrogens with zero attached hydrogens (tertiary/aromatic N) is 4. The second-order valence-corrected chi connectivity index (χ2v) is 7.37. The number of benzene rings is 1. The molecular formula is C18H17N7O2S. The Kier molecular flexibility index (Phi) is 6.11. The van der Waals surface area contributed by atoms with E-state index in [-0.39, 0.29) is 11.4 Å². The van der Waals surface area contributed by atoms with Gasteiger partial charge in [0.05, 0.1) is 16.5 Å². The second kappa shape index (κ2) is 8.90. The summed E-state index contributed by atoms with van der Waals surface area (Å²) in [6, 6.07) is 16.6. The van der Waals surface area contributed by atoms with Crippen molar-refractivity contribution in [1.82, 2.24) is 19.9 Å². The van der Waals surface area contributed by atoms with Crippen molar-refractivity contribution >= 4 is 27.5 Å². The molecular weight excluding hydrogens is 378 g/mol. The first kappa shape index (κ1) is 19.2. The third-order valence-electron chi connectivity index (χ3n) is 3.60. The van der Waals surface area contributed by atoms with Crippen LogP contribution in [0.25, 0.3) is 0 Å². The first-order chi connectivity index (χ1) is 13.6. The van der Waals surface area contributed by atoms with Crippen LogP contribution in [0.4, 0.5) is 17.5 Å². The molecule has 0 aliphatic carbocycles. The lowest BCUT2D eigenvalue weighted by atomic mass is 10.2. The molecule has 0 spiro atoms. The van der Waals surface area contributed by atoms with Crippen molar-refractivity contribution in [2.24, 2.45) is 0 Å². The van der Waals surface area contributed by atoms with Gasteiger partial charge in [-0.25, -0.2) is 18.1 Å². The average molecular weight is 395 g/mol. The van der Waals surface area contributed by atoms with Crippen LogP contribution in [0.2, 0.25) is 0 Å². The van der Waals surface area contributed by atoms with Crippen molar-refractivity contribution in [2.75, 3.05) is 23.7 Å². The Morgan fingerprint density at radius 2 is 1.64 bits per heavy atom. The summed E-state index contributed by atoms with van der Waals surface area (Å²) >= 11 is 0. The molecule has 3 N–H and O–H groups in total. The number of anilines is 3. The molecule has 0 unspecified atom stereocenters. The number of nitrogens with one attached hydrogen (secondary N) is 3. The summed E-state index contributed by atoms with van der Waals surface area (Å²) in [5, 5.41) is 22.8. The van der Waals surface area contributed by atoms with Crippen LogP contribution in [0.3, 0.4) is 0 Å². The molecule has 0 saturated heterocycles. The van der Waals surface area contributed by atoms with Crippen LogP contribution >= 0.6 is 0 Å². The molecule has 0 radical (unpaired) electrons. The molecule has 9 nitrogen and oxygen atoms in total. The monoisotopic (exact) mass is 395 g/mol. The highest BCUT2D eigenvalue weighted by Crippen LogP contribution is 2.12. The Morgan fingerprint density at radius 1 is 0.893 bits per heavy atom. The van der Waals surface area contributed by atoms with E-state index in [1.165, 1.54) is 24.3 Å². The van der Waals surface area contributed by atoms with Crippen LogP contribution in [0.15, 0.2) is 65.7 Å². The highest BCUT2D eigenvalue weighted by molar-refractivity contribution is 7.89. The summed E-state index contributed by atoms with van der Waals surface area (Å²) in [4.78, 5) is 4.25. The minimum absolute atomic E-state index is 0.108. The van der Waals surface area contributed by atoms with Crippen molar-refractivity contribution in [1.29, 1.82) is 5.26 Å². The molecule has 10 heteroatoms. The molecule has 0 amide bonds. The number of rotatable bonds is 8. The molecule has 1 aromatic carbocycles. The fourth-order valence-corrected chi connectivity index (χ4v) is 3.26. The summed E-state index contributed by atoms with van der Waals surface area (Å²) in [5.74, 6) is 1.73. The number of hydrogen-bond acceptors (Lipinski definition) is 8. The van der Waals surface area contributed by atoms with Crippen LogP contribution in [0.1, 0.15) is 5.56 Å². The number of sulfonamides is 1. The van der Waals surface area contributed by atoms with Crippen molar-refractivity contribution in [2.45, 2.75) is 4.90 Å². The van der Waals surface area contributed by atoms with E-state index in [2.05, 4.69) is 30.5 Å². The number of aromatic nitrogens is 3. The van der Waals surface area contributed by atoms with Gasteiger partial charge < -0.3 is 10.6 Å². The molecule has 0 bridgehead atoms. The van der Waals surface area contributed by atoms with E-state index < -0.39 is 10.0 Å². The Bertz CT molecular complexity index is 1050. The minimum atomic E-state index is -3.63. The molecule has 0 aliphatic heterocycles. The van der Waals surface area contributed by atoms with Crippen LogP contribution < -0.4 is 15.4 Å². The Hall–Kier alpha value is -3.55. The van der Waals surface area contributed by atoms with E-state index in [0.717, 1.165) is 0 Å². The molecule has 2 heterocycles. The first-order valence-electron chi connectivity index (χ1n) is 8.32. The second-order valence-electron chi connectivity index (χ2n) is 5.60. The molecule has 28 heavy (non-hydrogen) atoms. The topological polar surface area (TPSA) is 133 Å². The van der Waals surface area contributed by atoms with Gasteiger partial charge in [-0.15, -0.1) is 10.2 Å². The zero-order valence-corrected chi connectivity index (χ0v) is 15.5. The maximum atomic E-state index is 12.2. The molecule has 2 aromatic heterocycles. The van der Waals surface area contributed by atoms with Gasteiger partial charge in [0.25, 0.3) is 0 Å². The largest absolute Gasteiger partial charge is 0.367 e. The van der Waals surface area contributed by atoms with E-state index in [1.54, 1.807) is 18.3 Å². The van der Waals surface area contributed by atoms with Crippen molar-refractivity contribution < 1.29 is 8.42 Å². The average Bonchev–Trinajstić information content (AvgIpc) is 2.73. The Balaban J connectivity index is 1.47. The van der Waals surface area contributed by atoms with Gasteiger partial charge >= 0.3 is 0 Å². The molecule has 142 valence electrons. The van der Waals surface area contributed by atoms with Crippen molar-refractivity contribution in [3.05, 3.63) is 66.4 Å². The standard InChI is InChI=1S/C18H17N7O2S/c19-13-14-4-6-15(7-5-14)28(26,27)22-12-11-21-17-8-9-18(25-24-17)23-16-3-1-2-10-20-16/h1-10,22H,11-12H2,(H,21,24)(H,20,23,25). The van der Waals surface area contributed by atoms with Gasteiger partial charge in [0.1, 0.15) is 11.6 Å². The van der Waals surface area contributed by atoms with Crippen LogP contribution in [-0.4, -0.2) is 36.7 Å². The Labute approximate surface area is 162 Å². The summed E-state index contributed by atoms with van der Waals surface area (Å²) in [7, 11) is -3.63. The number of nitriles is 1. The predicted octanol–water partition coefficient (Wildman–Crippen LogP) is 1.88. The minimum Gasteiger partial charge on any atom is -0.367 e. The number of hydrogen-bond donors (Lipinski definition) is 3. The summed E-state index contributed by atoms with van der Waals surface area (Å²) < 4.78 is 26.9. The summed E-state index contributed by atoms with van der Waals surface area (Å²) in [6.45, 7) is 0.495. The van der Waals surface area contributed by atoms with E-state index in [9.17, 15) is 8.42 Å². The maximum absolute atomic E-state index is 12.2. The SMILES string of the molecule is N#Cc1ccc(S(=O)(=O)NCCNc2ccc(Nc3ccccn3)nn2)cc1. The van der Waals surface area contributed by atoms with Gasteiger partial charge in [-0.3, -0.25) is 0 Å². The van der Waals surface area contributed by atoms with Crippen molar-refractivity contribution in [3.63, 3.8) is 0 Å². The molecule has 0 fully saturated rings. The van der Waals surface area contributed by atoms with Crippen LogP contribution in [-0.2, 0) is 10.0 Å². The van der Waals surface area contributed by atoms with E-state index >= 15 is 0 Å². The quantitative estimate of drug-likeness (QED) is 0.492. The van der Waals surface area contributed by atoms with Gasteiger partial charge in [0, 0.05) is 19.3 Å². The summed E-state index contributed by atoms with van der Waals surface area (Å²) in [5.41, 5.74) is 0.403. The molecule has 0 atom stereocenters. The first-order valence-corrected chi connectivity index (χ1v) is 9.81. The van der Waals surface area contributed by atoms with Crippen LogP contribution in [0.5, 0.6) is 0 Å². The van der Waals surface area contributed by atoms with Crippen LogP contribution in [0, 0.1) is 11.3 Å². The molecule has 0 aliphatic rings. The maximum Gasteiger partial charge on any atom is 0.240 e. The lowest BCUT2D eigenvalue weighted by molar-refractivity contribution is 0.583. The zero-order valence-electron chi connectivity index (χ0n) is 14.7. The molecule has 0 saturated carbocycles. The van der Waals surface area contributed by atoms with E-state index in [0.29, 0.717) is 29.6 Å². The molecule has 3 rings (SSSR count). The van der Waals surface area contributed by atoms with Gasteiger partial charge in [0.2, 0.25) is 10.0 Å². The molecule has 3 aromatic rings. The van der Waals surface area contributed by atoms with Gasteiger partial charge in [-0.05, 0) is 48.5 Å². The van der Waals surface area contributed by atoms with Gasteiger partial charge in [-0.1, -0.05) is 6.07 Å². The predicted molar refractivity (Wildman–Crippen MR) is 104 cm³/mol. The lowest BCUT2D eigenvalue weighted by Crippen LogP contribution is -2.29. The third kappa shape index (κ3) is 5.23. The lowest BCUT2D eigenvalue weighted by Gasteiger charge is -2.09. The summed E-state index contributed by atoms with van der Waals surface area (Å²) in [6.07, 6.45) is 1.67. The normalized spacial score (nSPS) is 10.8. The third-order valence-corrected chi connectivity index (χ3v) is 5.08. The van der Waals surface area contributed by atoms with Gasteiger partial charge in [-0.2, -0.15) is 5.26 Å². The fraction of sp³-hybridized carbons (Fsp3) is 0.111. The zero-order chi connectivity index (χ0) is 19.8. The van der Waals surface area contributed by atoms with E-state index in [4.69, 9.17) is 5.26 Å². The van der Waals surface area contributed by atoms with Crippen molar-refractivity contribution in [3.8, 4) is 6.07 Å². The smallest absolute Gasteiger partial charge is 0.240 e. The van der Waals surface area contributed by atoms with E-state index in [1.807, 2.05) is 24.3 Å². The number of pyridine rings is 1. The highest BCUT2D eigenvalue weighted by Gasteiger charge is 2.12. The fourth-order valence-electron chi connectivity index (χ4n) is 2.23. The highest BCUT2D eigenvalue weighted by atomic mass is 32.2. The Morgan fingerprint density at radius 3 is 2.29 bits per heavy atom. The van der Waals surface area contributed by atoms with Gasteiger partial charge in [0.15, 0.2) is 5.82 Å².